The fraction of sp³-hybridized carbons (Fsp3) is 0.0333. The number of para-hydroxylation sites is 2. The Morgan fingerprint density at radius 2 is 0.676 bits per heavy atom. The number of rotatable bonds is 20. The van der Waals surface area contributed by atoms with Crippen LogP contribution in [0.5, 0.6) is 17.2 Å². The maximum atomic E-state index is 11.9. The lowest BCUT2D eigenvalue weighted by Crippen LogP contribution is -2.11. The lowest BCUT2D eigenvalue weighted by atomic mass is 10.1. The van der Waals surface area contributed by atoms with E-state index in [4.69, 9.17) is 24.0 Å². The molecule has 0 radical (unpaired) electrons. The molecule has 0 N–H and O–H groups in total. The molecule has 8 aromatic carbocycles. The van der Waals surface area contributed by atoms with E-state index in [1.807, 2.05) is 186 Å². The lowest BCUT2D eigenvalue weighted by molar-refractivity contribution is -0.129. The van der Waals surface area contributed by atoms with Crippen LogP contribution in [0.4, 0.5) is 45.5 Å². The fourth-order valence-electron chi connectivity index (χ4n) is 7.38. The van der Waals surface area contributed by atoms with Crippen molar-refractivity contribution in [3.05, 3.63) is 261 Å². The molecule has 0 fully saturated rings. The summed E-state index contributed by atoms with van der Waals surface area (Å²) in [5.74, 6) is -0.460. The van der Waals surface area contributed by atoms with Crippen molar-refractivity contribution in [2.45, 2.75) is 13.2 Å². The van der Waals surface area contributed by atoms with Crippen molar-refractivity contribution in [2.24, 2.45) is 5.10 Å². The zero-order chi connectivity index (χ0) is 49.4. The predicted octanol–water partition coefficient (Wildman–Crippen LogP) is 13.8. The molecule has 0 aliphatic heterocycles. The zero-order valence-corrected chi connectivity index (χ0v) is 38.6. The van der Waals surface area contributed by atoms with Gasteiger partial charge in [0.25, 0.3) is 0 Å². The smallest absolute Gasteiger partial charge is 0.335 e. The highest BCUT2D eigenvalue weighted by Crippen LogP contribution is 2.38. The van der Waals surface area contributed by atoms with Gasteiger partial charge in [-0.3, -0.25) is 0 Å². The van der Waals surface area contributed by atoms with Gasteiger partial charge < -0.3 is 28.7 Å². The van der Waals surface area contributed by atoms with Gasteiger partial charge in [-0.25, -0.2) is 19.4 Å². The summed E-state index contributed by atoms with van der Waals surface area (Å²) >= 11 is 0. The summed E-state index contributed by atoms with van der Waals surface area (Å²) < 4.78 is 22.2. The van der Waals surface area contributed by atoms with Crippen LogP contribution in [-0.4, -0.2) is 24.1 Å². The third-order valence-electron chi connectivity index (χ3n) is 10.8. The maximum absolute atomic E-state index is 11.9. The van der Waals surface area contributed by atoms with Gasteiger partial charge >= 0.3 is 17.9 Å². The Hall–Kier alpha value is -9.58. The van der Waals surface area contributed by atoms with E-state index in [1.54, 1.807) is 36.4 Å². The molecule has 8 aromatic rings. The topological polar surface area (TPSA) is 110 Å². The highest BCUT2D eigenvalue weighted by atomic mass is 16.5. The summed E-state index contributed by atoms with van der Waals surface area (Å²) in [5.41, 5.74) is 9.88. The number of hydrogen-bond donors (Lipinski definition) is 0. The van der Waals surface area contributed by atoms with E-state index >= 15 is 0 Å². The van der Waals surface area contributed by atoms with Crippen molar-refractivity contribution >= 4 is 69.6 Å². The highest BCUT2D eigenvalue weighted by Gasteiger charge is 2.16. The Labute approximate surface area is 412 Å². The minimum atomic E-state index is -0.550. The second-order valence-corrected chi connectivity index (χ2v) is 15.7. The molecule has 0 saturated heterocycles. The molecule has 0 spiro atoms. The van der Waals surface area contributed by atoms with Gasteiger partial charge in [-0.15, -0.1) is 0 Å². The molecule has 0 amide bonds. The number of anilines is 8. The molecule has 11 heteroatoms. The van der Waals surface area contributed by atoms with Gasteiger partial charge in [0.1, 0.15) is 17.2 Å². The van der Waals surface area contributed by atoms with Crippen LogP contribution in [0.3, 0.4) is 0 Å². The van der Waals surface area contributed by atoms with Crippen LogP contribution in [0.2, 0.25) is 0 Å². The van der Waals surface area contributed by atoms with E-state index in [9.17, 15) is 14.4 Å². The van der Waals surface area contributed by atoms with Gasteiger partial charge in [-0.1, -0.05) is 92.5 Å². The van der Waals surface area contributed by atoms with Gasteiger partial charge in [0.15, 0.2) is 0 Å². The molecule has 0 aromatic heterocycles. The van der Waals surface area contributed by atoms with Crippen molar-refractivity contribution < 1.29 is 33.3 Å². The van der Waals surface area contributed by atoms with E-state index in [-0.39, 0.29) is 0 Å². The predicted molar refractivity (Wildman–Crippen MR) is 281 cm³/mol. The Morgan fingerprint density at radius 1 is 0.380 bits per heavy atom. The standard InChI is InChI=1S/C60H48N4O7/c1-4-58(65)69-55-35-29-50(30-36-55)62(47-23-17-44(18-24-47)41-61-64(53-13-9-7-10-14-53)54-15-11-8-12-16-54)48-25-19-45(20-26-48)42-68-43-46-21-27-49(28-22-46)63(51-31-37-56(38-32-51)70-59(66)5-2)52-33-39-57(40-34-52)71-60(67)6-3/h4-41H,1-3,42-43H2. The molecule has 350 valence electrons. The second kappa shape index (κ2) is 23.4. The number of ether oxygens (including phenoxy) is 4. The number of hydrogen-bond acceptors (Lipinski definition) is 11. The average molecular weight is 937 g/mol. The SMILES string of the molecule is C=CC(=O)Oc1ccc(N(c2ccc(C=NN(c3ccccc3)c3ccccc3)cc2)c2ccc(COCc3ccc(N(c4ccc(OC(=O)C=C)cc4)c4ccc(OC(=O)C=C)cc4)cc3)cc2)cc1. The van der Waals surface area contributed by atoms with Crippen LogP contribution in [0.1, 0.15) is 16.7 Å². The first-order valence-corrected chi connectivity index (χ1v) is 22.5. The van der Waals surface area contributed by atoms with Gasteiger partial charge in [0, 0.05) is 52.4 Å². The van der Waals surface area contributed by atoms with Crippen LogP contribution >= 0.6 is 0 Å². The van der Waals surface area contributed by atoms with Gasteiger partial charge in [-0.2, -0.15) is 5.10 Å². The molecule has 8 rings (SSSR count). The molecule has 0 unspecified atom stereocenters. The minimum absolute atomic E-state index is 0.369. The molecule has 0 bridgehead atoms. The van der Waals surface area contributed by atoms with E-state index in [2.05, 4.69) is 24.6 Å². The number of carbonyl (C=O) groups is 3. The normalized spacial score (nSPS) is 10.7. The fourth-order valence-corrected chi connectivity index (χ4v) is 7.38. The first kappa shape index (κ1) is 47.9. The molecule has 0 atom stereocenters. The van der Waals surface area contributed by atoms with Crippen LogP contribution in [0, 0.1) is 0 Å². The van der Waals surface area contributed by atoms with Crippen LogP contribution in [0.25, 0.3) is 0 Å². The van der Waals surface area contributed by atoms with Crippen molar-refractivity contribution in [3.63, 3.8) is 0 Å². The van der Waals surface area contributed by atoms with Crippen LogP contribution < -0.4 is 29.0 Å². The van der Waals surface area contributed by atoms with E-state index in [1.165, 1.54) is 0 Å². The van der Waals surface area contributed by atoms with Gasteiger partial charge in [-0.05, 0) is 150 Å². The van der Waals surface area contributed by atoms with Crippen LogP contribution in [-0.2, 0) is 32.3 Å². The van der Waals surface area contributed by atoms with Crippen molar-refractivity contribution in [2.75, 3.05) is 14.8 Å². The number of benzene rings is 8. The van der Waals surface area contributed by atoms with Gasteiger partial charge in [0.05, 0.1) is 30.8 Å². The first-order chi connectivity index (χ1) is 34.8. The highest BCUT2D eigenvalue weighted by molar-refractivity contribution is 5.87. The molecular weight excluding hydrogens is 889 g/mol. The molecule has 0 aliphatic carbocycles. The summed E-state index contributed by atoms with van der Waals surface area (Å²) in [6.07, 6.45) is 5.19. The van der Waals surface area contributed by atoms with E-state index in [0.717, 1.165) is 80.4 Å². The zero-order valence-electron chi connectivity index (χ0n) is 38.6. The summed E-state index contributed by atoms with van der Waals surface area (Å²) in [6, 6.07) is 65.9. The second-order valence-electron chi connectivity index (χ2n) is 15.7. The summed E-state index contributed by atoms with van der Waals surface area (Å²) in [4.78, 5) is 39.7. The van der Waals surface area contributed by atoms with Crippen molar-refractivity contribution in [3.8, 4) is 17.2 Å². The van der Waals surface area contributed by atoms with E-state index < -0.39 is 17.9 Å². The summed E-state index contributed by atoms with van der Waals surface area (Å²) in [5, 5.41) is 6.79. The lowest BCUT2D eigenvalue weighted by Gasteiger charge is -2.26. The molecule has 71 heavy (non-hydrogen) atoms. The quantitative estimate of drug-likeness (QED) is 0.0241. The number of esters is 3. The third-order valence-corrected chi connectivity index (χ3v) is 10.8. The van der Waals surface area contributed by atoms with E-state index in [0.29, 0.717) is 30.5 Å². The number of hydrazone groups is 1. The molecular formula is C60H48N4O7. The van der Waals surface area contributed by atoms with Crippen molar-refractivity contribution in [1.29, 1.82) is 0 Å². The molecule has 0 saturated carbocycles. The Balaban J connectivity index is 0.971. The van der Waals surface area contributed by atoms with Crippen LogP contribution in [0.15, 0.2) is 249 Å². The average Bonchev–Trinajstić information content (AvgIpc) is 3.42. The Bertz CT molecular complexity index is 3000. The van der Waals surface area contributed by atoms with Crippen molar-refractivity contribution in [1.82, 2.24) is 0 Å². The molecule has 11 nitrogen and oxygen atoms in total. The number of nitrogens with zero attached hydrogens (tertiary/aromatic N) is 4. The summed E-state index contributed by atoms with van der Waals surface area (Å²) in [7, 11) is 0. The first-order valence-electron chi connectivity index (χ1n) is 22.5. The number of carbonyl (C=O) groups excluding carboxylic acids is 3. The maximum Gasteiger partial charge on any atom is 0.335 e. The third kappa shape index (κ3) is 12.7. The largest absolute Gasteiger partial charge is 0.423 e. The molecule has 0 aliphatic rings. The minimum Gasteiger partial charge on any atom is -0.423 e. The monoisotopic (exact) mass is 936 g/mol. The Kier molecular flexibility index (Phi) is 15.8. The summed E-state index contributed by atoms with van der Waals surface area (Å²) in [6.45, 7) is 11.2. The molecule has 0 heterocycles. The Morgan fingerprint density at radius 3 is 0.986 bits per heavy atom. The van der Waals surface area contributed by atoms with Gasteiger partial charge in [0.2, 0.25) is 0 Å².